The highest BCUT2D eigenvalue weighted by Gasteiger charge is 2.47. The maximum Gasteiger partial charge on any atom is 0.194 e. The highest BCUT2D eigenvalue weighted by molar-refractivity contribution is 4.82. The number of fused-ring (bicyclic) bond motifs is 2. The summed E-state index contributed by atoms with van der Waals surface area (Å²) in [5.74, 6) is -0.370. The highest BCUT2D eigenvalue weighted by Crippen LogP contribution is 2.37. The van der Waals surface area contributed by atoms with Crippen LogP contribution in [0, 0.1) is 0 Å². The van der Waals surface area contributed by atoms with Crippen molar-refractivity contribution in [1.29, 1.82) is 0 Å². The summed E-state index contributed by atoms with van der Waals surface area (Å²) in [5, 5.41) is 0. The second-order valence-corrected chi connectivity index (χ2v) is 2.51. The summed E-state index contributed by atoms with van der Waals surface area (Å²) in [6.07, 6.45) is 1.98. The van der Waals surface area contributed by atoms with Crippen molar-refractivity contribution < 1.29 is 14.2 Å². The first kappa shape index (κ1) is 5.65. The molecule has 0 aliphatic carbocycles. The van der Waals surface area contributed by atoms with Crippen molar-refractivity contribution in [1.82, 2.24) is 0 Å². The van der Waals surface area contributed by atoms with Gasteiger partial charge in [0.15, 0.2) is 12.1 Å². The molecule has 0 aromatic heterocycles. The summed E-state index contributed by atoms with van der Waals surface area (Å²) in [7, 11) is 1.66. The molecule has 2 atom stereocenters. The van der Waals surface area contributed by atoms with Crippen LogP contribution >= 0.6 is 0 Å². The van der Waals surface area contributed by atoms with E-state index in [9.17, 15) is 0 Å². The zero-order valence-electron chi connectivity index (χ0n) is 5.42. The Hall–Kier alpha value is -0.120. The second kappa shape index (κ2) is 1.68. The van der Waals surface area contributed by atoms with Crippen LogP contribution in [0.15, 0.2) is 0 Å². The SMILES string of the molecule is COC12CCC(OC1)O2. The van der Waals surface area contributed by atoms with Crippen LogP contribution in [0.5, 0.6) is 0 Å². The molecule has 9 heavy (non-hydrogen) atoms. The van der Waals surface area contributed by atoms with Gasteiger partial charge >= 0.3 is 0 Å². The molecule has 0 aromatic carbocycles. The fourth-order valence-electron chi connectivity index (χ4n) is 1.35. The van der Waals surface area contributed by atoms with Gasteiger partial charge in [0.1, 0.15) is 6.61 Å². The number of hydrogen-bond acceptors (Lipinski definition) is 3. The van der Waals surface area contributed by atoms with E-state index >= 15 is 0 Å². The monoisotopic (exact) mass is 130 g/mol. The Morgan fingerprint density at radius 3 is 2.78 bits per heavy atom. The van der Waals surface area contributed by atoms with Gasteiger partial charge in [-0.2, -0.15) is 0 Å². The van der Waals surface area contributed by atoms with Crippen LogP contribution < -0.4 is 0 Å². The zero-order chi connectivity index (χ0) is 6.32. The van der Waals surface area contributed by atoms with Crippen LogP contribution in [0.1, 0.15) is 12.8 Å². The molecule has 3 heteroatoms. The Bertz CT molecular complexity index is 115. The Kier molecular flexibility index (Phi) is 1.06. The van der Waals surface area contributed by atoms with Crippen LogP contribution in [-0.2, 0) is 14.2 Å². The molecule has 2 aliphatic heterocycles. The molecule has 2 aliphatic rings. The minimum absolute atomic E-state index is 0.0185. The van der Waals surface area contributed by atoms with Crippen LogP contribution in [0.3, 0.4) is 0 Å². The van der Waals surface area contributed by atoms with Gasteiger partial charge in [-0.1, -0.05) is 0 Å². The van der Waals surface area contributed by atoms with Gasteiger partial charge in [-0.25, -0.2) is 0 Å². The summed E-state index contributed by atoms with van der Waals surface area (Å²) in [6, 6.07) is 0. The molecule has 0 spiro atoms. The third-order valence-electron chi connectivity index (χ3n) is 1.97. The molecule has 0 radical (unpaired) electrons. The van der Waals surface area contributed by atoms with E-state index in [0.29, 0.717) is 6.61 Å². The predicted octanol–water partition coefficient (Wildman–Crippen LogP) is 0.496. The Balaban J connectivity index is 2.13. The smallest absolute Gasteiger partial charge is 0.194 e. The average Bonchev–Trinajstić information content (AvgIpc) is 2.46. The molecular formula is C6H10O3. The van der Waals surface area contributed by atoms with Crippen molar-refractivity contribution in [3.63, 3.8) is 0 Å². The quantitative estimate of drug-likeness (QED) is 0.517. The van der Waals surface area contributed by atoms with E-state index in [1.165, 1.54) is 0 Å². The van der Waals surface area contributed by atoms with Gasteiger partial charge < -0.3 is 14.2 Å². The molecule has 3 nitrogen and oxygen atoms in total. The van der Waals surface area contributed by atoms with Gasteiger partial charge in [0.2, 0.25) is 0 Å². The Morgan fingerprint density at radius 2 is 2.56 bits per heavy atom. The van der Waals surface area contributed by atoms with Crippen LogP contribution in [0.25, 0.3) is 0 Å². The summed E-state index contributed by atoms with van der Waals surface area (Å²) in [6.45, 7) is 0.605. The van der Waals surface area contributed by atoms with Crippen molar-refractivity contribution in [2.45, 2.75) is 24.9 Å². The fraction of sp³-hybridized carbons (Fsp3) is 1.00. The minimum atomic E-state index is -0.370. The number of rotatable bonds is 1. The van der Waals surface area contributed by atoms with Crippen LogP contribution in [-0.4, -0.2) is 25.8 Å². The first-order chi connectivity index (χ1) is 4.35. The molecule has 2 heterocycles. The van der Waals surface area contributed by atoms with Crippen molar-refractivity contribution in [3.8, 4) is 0 Å². The first-order valence-corrected chi connectivity index (χ1v) is 3.19. The van der Waals surface area contributed by atoms with Gasteiger partial charge in [-0.05, 0) is 0 Å². The molecule has 2 fully saturated rings. The van der Waals surface area contributed by atoms with Gasteiger partial charge in [0.25, 0.3) is 0 Å². The Morgan fingerprint density at radius 1 is 1.67 bits per heavy atom. The van der Waals surface area contributed by atoms with E-state index in [1.54, 1.807) is 7.11 Å². The molecule has 52 valence electrons. The normalized spacial score (nSPS) is 48.3. The Labute approximate surface area is 53.9 Å². The lowest BCUT2D eigenvalue weighted by Crippen LogP contribution is -2.31. The minimum Gasteiger partial charge on any atom is -0.351 e. The van der Waals surface area contributed by atoms with Crippen molar-refractivity contribution in [2.24, 2.45) is 0 Å². The summed E-state index contributed by atoms with van der Waals surface area (Å²) in [5.41, 5.74) is 0. The predicted molar refractivity (Wildman–Crippen MR) is 29.8 cm³/mol. The lowest BCUT2D eigenvalue weighted by Gasteiger charge is -2.19. The highest BCUT2D eigenvalue weighted by atomic mass is 16.8. The zero-order valence-corrected chi connectivity index (χ0v) is 5.42. The molecule has 0 N–H and O–H groups in total. The molecule has 2 unspecified atom stereocenters. The number of hydrogen-bond donors (Lipinski definition) is 0. The molecule has 2 bridgehead atoms. The van der Waals surface area contributed by atoms with E-state index < -0.39 is 0 Å². The van der Waals surface area contributed by atoms with Crippen molar-refractivity contribution in [2.75, 3.05) is 13.7 Å². The molecule has 0 amide bonds. The van der Waals surface area contributed by atoms with Crippen LogP contribution in [0.4, 0.5) is 0 Å². The lowest BCUT2D eigenvalue weighted by molar-refractivity contribution is -0.172. The van der Waals surface area contributed by atoms with Crippen molar-refractivity contribution in [3.05, 3.63) is 0 Å². The number of methoxy groups -OCH3 is 1. The molecule has 2 saturated heterocycles. The fourth-order valence-corrected chi connectivity index (χ4v) is 1.35. The average molecular weight is 130 g/mol. The third-order valence-corrected chi connectivity index (χ3v) is 1.97. The summed E-state index contributed by atoms with van der Waals surface area (Å²) >= 11 is 0. The largest absolute Gasteiger partial charge is 0.351 e. The van der Waals surface area contributed by atoms with Crippen molar-refractivity contribution >= 4 is 0 Å². The first-order valence-electron chi connectivity index (χ1n) is 3.19. The third kappa shape index (κ3) is 0.689. The van der Waals surface area contributed by atoms with Gasteiger partial charge in [0, 0.05) is 20.0 Å². The van der Waals surface area contributed by atoms with E-state index in [1.807, 2.05) is 0 Å². The van der Waals surface area contributed by atoms with Gasteiger partial charge in [-0.3, -0.25) is 0 Å². The second-order valence-electron chi connectivity index (χ2n) is 2.51. The molecule has 2 rings (SSSR count). The van der Waals surface area contributed by atoms with E-state index in [0.717, 1.165) is 12.8 Å². The van der Waals surface area contributed by atoms with Gasteiger partial charge in [-0.15, -0.1) is 0 Å². The summed E-state index contributed by atoms with van der Waals surface area (Å²) in [4.78, 5) is 0. The standard InChI is InChI=1S/C6H10O3/c1-7-6-3-2-5(9-6)8-4-6/h5H,2-4H2,1H3. The lowest BCUT2D eigenvalue weighted by atomic mass is 10.2. The van der Waals surface area contributed by atoms with E-state index in [2.05, 4.69) is 0 Å². The number of ether oxygens (including phenoxy) is 3. The topological polar surface area (TPSA) is 27.7 Å². The van der Waals surface area contributed by atoms with E-state index in [4.69, 9.17) is 14.2 Å². The maximum absolute atomic E-state index is 5.36. The van der Waals surface area contributed by atoms with E-state index in [-0.39, 0.29) is 12.1 Å². The maximum atomic E-state index is 5.36. The van der Waals surface area contributed by atoms with Crippen LogP contribution in [0.2, 0.25) is 0 Å². The van der Waals surface area contributed by atoms with Gasteiger partial charge in [0.05, 0.1) is 0 Å². The molecule has 0 aromatic rings. The summed E-state index contributed by atoms with van der Waals surface area (Å²) < 4.78 is 15.7. The molecule has 0 saturated carbocycles. The molecular weight excluding hydrogens is 120 g/mol.